The topological polar surface area (TPSA) is 127 Å². The Bertz CT molecular complexity index is 1910. The van der Waals surface area contributed by atoms with Crippen LogP contribution in [0, 0.1) is 6.92 Å². The van der Waals surface area contributed by atoms with Crippen molar-refractivity contribution in [3.8, 4) is 22.5 Å². The minimum atomic E-state index is -4.60. The summed E-state index contributed by atoms with van der Waals surface area (Å²) in [5.41, 5.74) is 3.33. The summed E-state index contributed by atoms with van der Waals surface area (Å²) < 4.78 is 73.5. The lowest BCUT2D eigenvalue weighted by molar-refractivity contribution is -0.137. The largest absolute Gasteiger partial charge is 0.416 e. The molecule has 0 fully saturated rings. The third-order valence-electron chi connectivity index (χ3n) is 6.42. The summed E-state index contributed by atoms with van der Waals surface area (Å²) in [7, 11) is -4.07. The molecule has 10 nitrogen and oxygen atoms in total. The van der Waals surface area contributed by atoms with Crippen LogP contribution in [0.3, 0.4) is 0 Å². The molecule has 0 unspecified atom stereocenters. The maximum absolute atomic E-state index is 13.1. The molecule has 0 atom stereocenters. The van der Waals surface area contributed by atoms with E-state index in [1.165, 1.54) is 11.5 Å². The molecular formula is C26H21F3N8O2S2. The Morgan fingerprint density at radius 2 is 1.98 bits per heavy atom. The standard InChI is InChI=1S/C26H21F3N8O2S2/c1-15-2-3-18(36-41(38,39)14-19-9-17(4-5-30-19)26(27,28)29)10-21(15)22-8-16-11-32-25(34-20-12-33-40-13-20)35-23(16)37-7-6-31-24(22)37/h2-5,8-13,31,36H,6-7,14H2,1H3. The minimum Gasteiger partial charge on any atom is -0.369 e. The Morgan fingerprint density at radius 3 is 2.76 bits per heavy atom. The molecule has 3 aliphatic rings. The highest BCUT2D eigenvalue weighted by Crippen LogP contribution is 2.39. The van der Waals surface area contributed by atoms with Crippen molar-refractivity contribution in [2.24, 2.45) is 4.99 Å². The van der Waals surface area contributed by atoms with Gasteiger partial charge in [-0.05, 0) is 59.9 Å². The summed E-state index contributed by atoms with van der Waals surface area (Å²) in [6, 6.07) is 8.54. The molecule has 0 saturated heterocycles. The first-order chi connectivity index (χ1) is 19.6. The van der Waals surface area contributed by atoms with Crippen molar-refractivity contribution >= 4 is 38.7 Å². The van der Waals surface area contributed by atoms with E-state index in [1.54, 1.807) is 36.0 Å². The van der Waals surface area contributed by atoms with E-state index in [0.717, 1.165) is 46.4 Å². The van der Waals surface area contributed by atoms with Crippen molar-refractivity contribution in [3.05, 3.63) is 82.8 Å². The van der Waals surface area contributed by atoms with Crippen LogP contribution in [0.5, 0.6) is 0 Å². The van der Waals surface area contributed by atoms with Crippen molar-refractivity contribution in [2.45, 2.75) is 25.4 Å². The molecule has 6 rings (SSSR count). The van der Waals surface area contributed by atoms with E-state index in [4.69, 9.17) is 0 Å². The van der Waals surface area contributed by atoms with E-state index in [1.807, 2.05) is 17.6 Å². The molecule has 0 spiro atoms. The van der Waals surface area contributed by atoms with Crippen molar-refractivity contribution in [1.82, 2.24) is 23.9 Å². The third-order valence-corrected chi connectivity index (χ3v) is 8.22. The first-order valence-corrected chi connectivity index (χ1v) is 14.8. The highest BCUT2D eigenvalue weighted by atomic mass is 32.2. The number of hydrogen-bond acceptors (Lipinski definition) is 9. The van der Waals surface area contributed by atoms with Gasteiger partial charge in [-0.2, -0.15) is 22.5 Å². The molecule has 3 aliphatic heterocycles. The SMILES string of the molecule is Cc1ccc(NS(=O)(=O)Cc2cc(C(F)(F)F)ccn2)cc1-c1cc2cnc(=Nc3cnsc3)nc-2n2c1NCC2. The van der Waals surface area contributed by atoms with Gasteiger partial charge in [-0.15, -0.1) is 0 Å². The second-order valence-corrected chi connectivity index (χ2v) is 11.7. The molecule has 3 aromatic rings. The quantitative estimate of drug-likeness (QED) is 0.287. The summed E-state index contributed by atoms with van der Waals surface area (Å²) in [6.45, 7) is 3.24. The monoisotopic (exact) mass is 598 g/mol. The van der Waals surface area contributed by atoms with Gasteiger partial charge in [0.15, 0.2) is 0 Å². The summed E-state index contributed by atoms with van der Waals surface area (Å²) in [6.07, 6.45) is -0.320. The number of aromatic nitrogens is 5. The van der Waals surface area contributed by atoms with Crippen LogP contribution >= 0.6 is 11.5 Å². The number of alkyl halides is 3. The van der Waals surface area contributed by atoms with Gasteiger partial charge in [-0.3, -0.25) is 9.71 Å². The zero-order valence-corrected chi connectivity index (χ0v) is 23.0. The lowest BCUT2D eigenvalue weighted by Gasteiger charge is -2.19. The molecule has 41 heavy (non-hydrogen) atoms. The molecule has 1 aromatic carbocycles. The highest BCUT2D eigenvalue weighted by Gasteiger charge is 2.31. The van der Waals surface area contributed by atoms with Gasteiger partial charge in [-0.1, -0.05) is 6.07 Å². The number of anilines is 2. The molecule has 0 amide bonds. The van der Waals surface area contributed by atoms with Gasteiger partial charge in [0, 0.05) is 47.7 Å². The molecule has 0 saturated carbocycles. The lowest BCUT2D eigenvalue weighted by Crippen LogP contribution is -2.17. The average molecular weight is 599 g/mol. The second kappa shape index (κ2) is 10.2. The van der Waals surface area contributed by atoms with Crippen molar-refractivity contribution in [1.29, 1.82) is 0 Å². The number of pyridine rings is 2. The normalized spacial score (nSPS) is 13.8. The molecule has 15 heteroatoms. The van der Waals surface area contributed by atoms with Gasteiger partial charge in [-0.25, -0.2) is 18.4 Å². The van der Waals surface area contributed by atoms with Crippen LogP contribution in [-0.2, 0) is 28.5 Å². The zero-order valence-electron chi connectivity index (χ0n) is 21.3. The van der Waals surface area contributed by atoms with Crippen molar-refractivity contribution < 1.29 is 21.6 Å². The van der Waals surface area contributed by atoms with Crippen LogP contribution in [0.2, 0.25) is 0 Å². The number of nitrogens with zero attached hydrogens (tertiary/aromatic N) is 6. The lowest BCUT2D eigenvalue weighted by atomic mass is 9.98. The van der Waals surface area contributed by atoms with Crippen molar-refractivity contribution in [2.75, 3.05) is 16.6 Å². The predicted octanol–water partition coefficient (Wildman–Crippen LogP) is 4.83. The fraction of sp³-hybridized carbons (Fsp3) is 0.192. The molecule has 2 aromatic heterocycles. The number of benzene rings is 1. The van der Waals surface area contributed by atoms with E-state index in [-0.39, 0.29) is 11.4 Å². The van der Waals surface area contributed by atoms with Gasteiger partial charge >= 0.3 is 6.18 Å². The number of fused-ring (bicyclic) bond motifs is 3. The molecule has 0 aliphatic carbocycles. The van der Waals surface area contributed by atoms with E-state index < -0.39 is 27.5 Å². The number of aryl methyl sites for hydroxylation is 1. The summed E-state index contributed by atoms with van der Waals surface area (Å²) in [5, 5.41) is 5.20. The third kappa shape index (κ3) is 5.63. The van der Waals surface area contributed by atoms with E-state index >= 15 is 0 Å². The van der Waals surface area contributed by atoms with Crippen molar-refractivity contribution in [3.63, 3.8) is 0 Å². The molecule has 210 valence electrons. The molecule has 2 N–H and O–H groups in total. The van der Waals surface area contributed by atoms with Gasteiger partial charge in [0.05, 0.1) is 23.1 Å². The Hall–Kier alpha value is -4.37. The maximum atomic E-state index is 13.1. The van der Waals surface area contributed by atoms with Crippen LogP contribution in [0.15, 0.2) is 65.4 Å². The van der Waals surface area contributed by atoms with Gasteiger partial charge < -0.3 is 9.88 Å². The fourth-order valence-electron chi connectivity index (χ4n) is 4.61. The second-order valence-electron chi connectivity index (χ2n) is 9.35. The first-order valence-electron chi connectivity index (χ1n) is 12.3. The summed E-state index contributed by atoms with van der Waals surface area (Å²) >= 11 is 1.29. The minimum absolute atomic E-state index is 0.214. The number of hydrogen-bond donors (Lipinski definition) is 2. The summed E-state index contributed by atoms with van der Waals surface area (Å²) in [4.78, 5) is 17.3. The van der Waals surface area contributed by atoms with E-state index in [9.17, 15) is 21.6 Å². The summed E-state index contributed by atoms with van der Waals surface area (Å²) in [5.74, 6) is 0.805. The van der Waals surface area contributed by atoms with Gasteiger partial charge in [0.25, 0.3) is 5.62 Å². The first kappa shape index (κ1) is 26.8. The number of nitrogens with one attached hydrogen (secondary N) is 2. The smallest absolute Gasteiger partial charge is 0.369 e. The number of rotatable bonds is 6. The van der Waals surface area contributed by atoms with Crippen LogP contribution < -0.4 is 15.7 Å². The zero-order chi connectivity index (χ0) is 28.8. The van der Waals surface area contributed by atoms with Crippen LogP contribution in [0.25, 0.3) is 22.5 Å². The fourth-order valence-corrected chi connectivity index (χ4v) is 6.17. The Kier molecular flexibility index (Phi) is 6.69. The number of halogens is 3. The van der Waals surface area contributed by atoms with E-state index in [2.05, 4.69) is 34.4 Å². The van der Waals surface area contributed by atoms with Crippen LogP contribution in [0.4, 0.5) is 30.4 Å². The van der Waals surface area contributed by atoms with Crippen LogP contribution in [-0.4, -0.2) is 38.9 Å². The molecule has 0 bridgehead atoms. The average Bonchev–Trinajstić information content (AvgIpc) is 3.61. The van der Waals surface area contributed by atoms with Crippen LogP contribution in [0.1, 0.15) is 16.8 Å². The highest BCUT2D eigenvalue weighted by molar-refractivity contribution is 7.91. The predicted molar refractivity (Wildman–Crippen MR) is 148 cm³/mol. The molecule has 5 heterocycles. The number of sulfonamides is 1. The maximum Gasteiger partial charge on any atom is 0.416 e. The Labute approximate surface area is 236 Å². The van der Waals surface area contributed by atoms with Gasteiger partial charge in [0.1, 0.15) is 17.4 Å². The Balaban J connectivity index is 1.34. The van der Waals surface area contributed by atoms with E-state index in [0.29, 0.717) is 30.2 Å². The molecular weight excluding hydrogens is 577 g/mol. The Morgan fingerprint density at radius 1 is 1.12 bits per heavy atom. The van der Waals surface area contributed by atoms with Gasteiger partial charge in [0.2, 0.25) is 10.0 Å². The molecule has 0 radical (unpaired) electrons.